The second-order valence-electron chi connectivity index (χ2n) is 3.40. The van der Waals surface area contributed by atoms with Crippen LogP contribution in [0.5, 0.6) is 5.75 Å². The van der Waals surface area contributed by atoms with E-state index in [4.69, 9.17) is 0 Å². The predicted molar refractivity (Wildman–Crippen MR) is 60.4 cm³/mol. The molecule has 0 aliphatic heterocycles. The molecule has 0 aliphatic carbocycles. The van der Waals surface area contributed by atoms with Crippen molar-refractivity contribution in [2.45, 2.75) is 13.3 Å². The summed E-state index contributed by atoms with van der Waals surface area (Å²) in [7, 11) is 1.94. The molecular weight excluding hydrogens is 174 g/mol. The lowest BCUT2D eigenvalue weighted by molar-refractivity contribution is 0.475. The van der Waals surface area contributed by atoms with Gasteiger partial charge in [0.1, 0.15) is 5.75 Å². The second kappa shape index (κ2) is 5.45. The maximum atomic E-state index is 9.35. The second-order valence-corrected chi connectivity index (χ2v) is 3.40. The third kappa shape index (κ3) is 3.62. The standard InChI is InChI=1S/C12H17NO/c1-10-7-11(9-12(14)8-10)5-3-4-6-13-2/h3,5,7-9,13-14H,4,6H2,1-2H3. The van der Waals surface area contributed by atoms with Gasteiger partial charge in [0.15, 0.2) is 0 Å². The van der Waals surface area contributed by atoms with E-state index in [2.05, 4.69) is 17.5 Å². The monoisotopic (exact) mass is 191 g/mol. The van der Waals surface area contributed by atoms with E-state index < -0.39 is 0 Å². The first-order valence-corrected chi connectivity index (χ1v) is 4.84. The molecule has 14 heavy (non-hydrogen) atoms. The highest BCUT2D eigenvalue weighted by molar-refractivity contribution is 5.53. The van der Waals surface area contributed by atoms with Crippen LogP contribution in [0.4, 0.5) is 0 Å². The Labute approximate surface area is 85.3 Å². The van der Waals surface area contributed by atoms with Crippen molar-refractivity contribution in [3.63, 3.8) is 0 Å². The van der Waals surface area contributed by atoms with E-state index in [1.54, 1.807) is 12.1 Å². The quantitative estimate of drug-likeness (QED) is 0.716. The average Bonchev–Trinajstić information content (AvgIpc) is 2.11. The number of aryl methyl sites for hydroxylation is 1. The van der Waals surface area contributed by atoms with Crippen molar-refractivity contribution in [1.29, 1.82) is 0 Å². The van der Waals surface area contributed by atoms with Gasteiger partial charge in [0.2, 0.25) is 0 Å². The third-order valence-corrected chi connectivity index (χ3v) is 1.96. The van der Waals surface area contributed by atoms with Gasteiger partial charge in [-0.05, 0) is 50.2 Å². The van der Waals surface area contributed by atoms with E-state index >= 15 is 0 Å². The van der Waals surface area contributed by atoms with Gasteiger partial charge in [-0.15, -0.1) is 0 Å². The van der Waals surface area contributed by atoms with Crippen LogP contribution in [0, 0.1) is 6.92 Å². The van der Waals surface area contributed by atoms with E-state index in [0.29, 0.717) is 5.75 Å². The smallest absolute Gasteiger partial charge is 0.116 e. The summed E-state index contributed by atoms with van der Waals surface area (Å²) in [6.45, 7) is 2.96. The highest BCUT2D eigenvalue weighted by Gasteiger charge is 1.92. The first-order chi connectivity index (χ1) is 6.72. The van der Waals surface area contributed by atoms with Crippen molar-refractivity contribution in [3.8, 4) is 5.75 Å². The van der Waals surface area contributed by atoms with Crippen LogP contribution in [-0.2, 0) is 0 Å². The van der Waals surface area contributed by atoms with Crippen molar-refractivity contribution in [1.82, 2.24) is 5.32 Å². The lowest BCUT2D eigenvalue weighted by Gasteiger charge is -1.98. The first kappa shape index (κ1) is 10.8. The molecule has 1 aromatic rings. The predicted octanol–water partition coefficient (Wildman–Crippen LogP) is 2.32. The minimum atomic E-state index is 0.332. The average molecular weight is 191 g/mol. The van der Waals surface area contributed by atoms with Gasteiger partial charge in [-0.1, -0.05) is 18.2 Å². The molecule has 0 fully saturated rings. The maximum absolute atomic E-state index is 9.35. The van der Waals surface area contributed by atoms with Crippen LogP contribution in [0.1, 0.15) is 17.5 Å². The molecule has 2 nitrogen and oxygen atoms in total. The van der Waals surface area contributed by atoms with E-state index in [1.165, 1.54) is 0 Å². The molecule has 0 amide bonds. The van der Waals surface area contributed by atoms with Gasteiger partial charge in [0, 0.05) is 0 Å². The number of phenols is 1. The Bertz CT molecular complexity index is 298. The minimum absolute atomic E-state index is 0.332. The molecule has 0 saturated carbocycles. The molecule has 1 aromatic carbocycles. The topological polar surface area (TPSA) is 32.3 Å². The van der Waals surface area contributed by atoms with Gasteiger partial charge in [-0.25, -0.2) is 0 Å². The van der Waals surface area contributed by atoms with Crippen LogP contribution >= 0.6 is 0 Å². The third-order valence-electron chi connectivity index (χ3n) is 1.96. The van der Waals surface area contributed by atoms with E-state index in [1.807, 2.05) is 20.0 Å². The van der Waals surface area contributed by atoms with E-state index in [9.17, 15) is 5.11 Å². The number of phenolic OH excluding ortho intramolecular Hbond substituents is 1. The van der Waals surface area contributed by atoms with E-state index in [-0.39, 0.29) is 0 Å². The van der Waals surface area contributed by atoms with Gasteiger partial charge < -0.3 is 10.4 Å². The lowest BCUT2D eigenvalue weighted by Crippen LogP contribution is -2.05. The number of hydrogen-bond acceptors (Lipinski definition) is 2. The molecule has 0 atom stereocenters. The highest BCUT2D eigenvalue weighted by Crippen LogP contribution is 2.16. The van der Waals surface area contributed by atoms with Crippen molar-refractivity contribution >= 4 is 6.08 Å². The molecule has 0 heterocycles. The van der Waals surface area contributed by atoms with Crippen molar-refractivity contribution in [2.75, 3.05) is 13.6 Å². The van der Waals surface area contributed by atoms with Crippen molar-refractivity contribution in [3.05, 3.63) is 35.4 Å². The zero-order valence-corrected chi connectivity index (χ0v) is 8.75. The Hall–Kier alpha value is -1.28. The van der Waals surface area contributed by atoms with E-state index in [0.717, 1.165) is 24.1 Å². The fourth-order valence-electron chi connectivity index (χ4n) is 1.34. The van der Waals surface area contributed by atoms with Gasteiger partial charge in [0.05, 0.1) is 0 Å². The highest BCUT2D eigenvalue weighted by atomic mass is 16.3. The molecule has 0 saturated heterocycles. The first-order valence-electron chi connectivity index (χ1n) is 4.84. The van der Waals surface area contributed by atoms with Crippen molar-refractivity contribution < 1.29 is 5.11 Å². The molecule has 2 N–H and O–H groups in total. The van der Waals surface area contributed by atoms with Crippen LogP contribution in [0.25, 0.3) is 6.08 Å². The number of nitrogens with one attached hydrogen (secondary N) is 1. The molecular formula is C12H17NO. The SMILES string of the molecule is CNCCC=Cc1cc(C)cc(O)c1. The Balaban J connectivity index is 2.62. The molecule has 1 rings (SSSR count). The lowest BCUT2D eigenvalue weighted by atomic mass is 10.1. The Morgan fingerprint density at radius 3 is 2.79 bits per heavy atom. The summed E-state index contributed by atoms with van der Waals surface area (Å²) >= 11 is 0. The van der Waals surface area contributed by atoms with Crippen molar-refractivity contribution in [2.24, 2.45) is 0 Å². The zero-order valence-electron chi connectivity index (χ0n) is 8.75. The molecule has 0 aliphatic rings. The molecule has 2 heteroatoms. The summed E-state index contributed by atoms with van der Waals surface area (Å²) in [5, 5.41) is 12.4. The number of aromatic hydroxyl groups is 1. The summed E-state index contributed by atoms with van der Waals surface area (Å²) in [4.78, 5) is 0. The van der Waals surface area contributed by atoms with Crippen LogP contribution in [0.2, 0.25) is 0 Å². The normalized spacial score (nSPS) is 11.0. The number of rotatable bonds is 4. The van der Waals surface area contributed by atoms with Gasteiger partial charge in [-0.2, -0.15) is 0 Å². The van der Waals surface area contributed by atoms with Gasteiger partial charge in [-0.3, -0.25) is 0 Å². The summed E-state index contributed by atoms with van der Waals surface area (Å²) in [5.74, 6) is 0.332. The molecule has 0 radical (unpaired) electrons. The Morgan fingerprint density at radius 1 is 1.36 bits per heavy atom. The summed E-state index contributed by atoms with van der Waals surface area (Å²) in [5.41, 5.74) is 2.14. The van der Waals surface area contributed by atoms with Crippen LogP contribution in [0.15, 0.2) is 24.3 Å². The minimum Gasteiger partial charge on any atom is -0.508 e. The summed E-state index contributed by atoms with van der Waals surface area (Å²) < 4.78 is 0. The van der Waals surface area contributed by atoms with Gasteiger partial charge >= 0.3 is 0 Å². The van der Waals surface area contributed by atoms with Crippen LogP contribution in [-0.4, -0.2) is 18.7 Å². The number of hydrogen-bond donors (Lipinski definition) is 2. The van der Waals surface area contributed by atoms with Crippen LogP contribution in [0.3, 0.4) is 0 Å². The summed E-state index contributed by atoms with van der Waals surface area (Å²) in [6, 6.07) is 5.57. The summed E-state index contributed by atoms with van der Waals surface area (Å²) in [6.07, 6.45) is 5.14. The molecule has 0 unspecified atom stereocenters. The molecule has 0 bridgehead atoms. The fourth-order valence-corrected chi connectivity index (χ4v) is 1.34. The van der Waals surface area contributed by atoms with Gasteiger partial charge in [0.25, 0.3) is 0 Å². The fraction of sp³-hybridized carbons (Fsp3) is 0.333. The molecule has 0 spiro atoms. The number of benzene rings is 1. The largest absolute Gasteiger partial charge is 0.508 e. The van der Waals surface area contributed by atoms with Crippen LogP contribution < -0.4 is 5.32 Å². The zero-order chi connectivity index (χ0) is 10.4. The maximum Gasteiger partial charge on any atom is 0.116 e. The molecule has 0 aromatic heterocycles. The molecule has 76 valence electrons. The Kier molecular flexibility index (Phi) is 4.20. The Morgan fingerprint density at radius 2 is 2.14 bits per heavy atom.